The van der Waals surface area contributed by atoms with Gasteiger partial charge in [-0.3, -0.25) is 4.79 Å². The monoisotopic (exact) mass is 529 g/mol. The van der Waals surface area contributed by atoms with E-state index in [4.69, 9.17) is 13.7 Å². The van der Waals surface area contributed by atoms with Crippen molar-refractivity contribution in [1.29, 1.82) is 0 Å². The molecule has 2 fully saturated rings. The summed E-state index contributed by atoms with van der Waals surface area (Å²) in [5, 5.41) is 12.1. The fourth-order valence-electron chi connectivity index (χ4n) is 4.70. The van der Waals surface area contributed by atoms with Crippen molar-refractivity contribution in [3.05, 3.63) is 60.1 Å². The zero-order chi connectivity index (χ0) is 26.5. The van der Waals surface area contributed by atoms with Gasteiger partial charge in [-0.25, -0.2) is 19.0 Å². The molecule has 0 bridgehead atoms. The summed E-state index contributed by atoms with van der Waals surface area (Å²) < 4.78 is 32.0. The van der Waals surface area contributed by atoms with Gasteiger partial charge in [-0.1, -0.05) is 17.3 Å². The van der Waals surface area contributed by atoms with Crippen LogP contribution >= 0.6 is 0 Å². The average molecular weight is 530 g/mol. The summed E-state index contributed by atoms with van der Waals surface area (Å²) in [6.45, 7) is 2.58. The van der Waals surface area contributed by atoms with E-state index in [9.17, 15) is 9.18 Å². The molecule has 7 rings (SSSR count). The highest BCUT2D eigenvalue weighted by Gasteiger charge is 2.43. The fraction of sp³-hybridized carbons (Fsp3) is 0.333. The lowest BCUT2D eigenvalue weighted by molar-refractivity contribution is -0.0370. The number of nitrogens with zero attached hydrogens (tertiary/aromatic N) is 6. The number of hydrogen-bond donors (Lipinski definition) is 1. The van der Waals surface area contributed by atoms with E-state index in [-0.39, 0.29) is 23.8 Å². The number of alkyl halides is 1. The second kappa shape index (κ2) is 9.38. The van der Waals surface area contributed by atoms with E-state index < -0.39 is 12.1 Å². The Labute approximate surface area is 221 Å². The first-order chi connectivity index (χ1) is 19.0. The van der Waals surface area contributed by atoms with Crippen LogP contribution in [0.1, 0.15) is 59.8 Å². The summed E-state index contributed by atoms with van der Waals surface area (Å²) in [5.41, 5.74) is 3.37. The number of benzene rings is 1. The van der Waals surface area contributed by atoms with Crippen LogP contribution in [0.3, 0.4) is 0 Å². The van der Waals surface area contributed by atoms with Crippen molar-refractivity contribution in [2.45, 2.75) is 50.9 Å². The number of aryl methyl sites for hydroxylation is 1. The molecule has 3 atom stereocenters. The molecular formula is C27H24FN7O4. The molecule has 0 radical (unpaired) electrons. The van der Waals surface area contributed by atoms with Gasteiger partial charge in [0, 0.05) is 29.4 Å². The van der Waals surface area contributed by atoms with Gasteiger partial charge >= 0.3 is 0 Å². The van der Waals surface area contributed by atoms with Crippen LogP contribution in [0.25, 0.3) is 33.9 Å². The predicted molar refractivity (Wildman–Crippen MR) is 137 cm³/mol. The highest BCUT2D eigenvalue weighted by Crippen LogP contribution is 2.43. The molecule has 5 aromatic rings. The summed E-state index contributed by atoms with van der Waals surface area (Å²) in [6, 6.07) is 7.27. The maximum absolute atomic E-state index is 13.3. The SMILES string of the molecule is Cc1ccc(-c2noc([C@H]3C[C@@H]3F)n2)cc1NC(=O)c1cnc(-c2cnc3c(cnn3C3CCCCO3)c2)o1. The van der Waals surface area contributed by atoms with Crippen LogP contribution in [0.15, 0.2) is 51.8 Å². The van der Waals surface area contributed by atoms with Gasteiger partial charge in [0.15, 0.2) is 11.9 Å². The number of carbonyl (C=O) groups excluding carboxylic acids is 1. The molecule has 1 aliphatic carbocycles. The van der Waals surface area contributed by atoms with Gasteiger partial charge in [-0.05, 0) is 50.3 Å². The quantitative estimate of drug-likeness (QED) is 0.314. The minimum atomic E-state index is -0.926. The molecule has 5 heterocycles. The summed E-state index contributed by atoms with van der Waals surface area (Å²) >= 11 is 0. The topological polar surface area (TPSA) is 134 Å². The first-order valence-electron chi connectivity index (χ1n) is 12.8. The Balaban J connectivity index is 1.08. The Hall–Kier alpha value is -4.45. The third-order valence-electron chi connectivity index (χ3n) is 7.05. The molecule has 4 aromatic heterocycles. The zero-order valence-electron chi connectivity index (χ0n) is 21.0. The number of aromatic nitrogens is 6. The first-order valence-corrected chi connectivity index (χ1v) is 12.8. The van der Waals surface area contributed by atoms with E-state index in [2.05, 4.69) is 30.5 Å². The number of rotatable bonds is 6. The van der Waals surface area contributed by atoms with E-state index in [0.29, 0.717) is 41.6 Å². The Morgan fingerprint density at radius 1 is 1.13 bits per heavy atom. The molecule has 1 aliphatic heterocycles. The number of fused-ring (bicyclic) bond motifs is 1. The number of nitrogens with one attached hydrogen (secondary N) is 1. The third-order valence-corrected chi connectivity index (χ3v) is 7.05. The molecule has 39 heavy (non-hydrogen) atoms. The van der Waals surface area contributed by atoms with E-state index in [1.165, 1.54) is 6.20 Å². The number of amides is 1. The third kappa shape index (κ3) is 4.46. The summed E-state index contributed by atoms with van der Waals surface area (Å²) in [5.74, 6) is 0.160. The van der Waals surface area contributed by atoms with Gasteiger partial charge in [0.2, 0.25) is 23.4 Å². The zero-order valence-corrected chi connectivity index (χ0v) is 21.0. The van der Waals surface area contributed by atoms with Gasteiger partial charge < -0.3 is 19.0 Å². The fourth-order valence-corrected chi connectivity index (χ4v) is 4.70. The van der Waals surface area contributed by atoms with Gasteiger partial charge in [0.25, 0.3) is 5.91 Å². The molecule has 198 valence electrons. The Bertz CT molecular complexity index is 1690. The van der Waals surface area contributed by atoms with Crippen LogP contribution in [0.2, 0.25) is 0 Å². The lowest BCUT2D eigenvalue weighted by Crippen LogP contribution is -2.19. The number of anilines is 1. The van der Waals surface area contributed by atoms with Crippen molar-refractivity contribution in [3.8, 4) is 22.8 Å². The molecule has 1 aromatic carbocycles. The minimum Gasteiger partial charge on any atom is -0.431 e. The second-order valence-electron chi connectivity index (χ2n) is 9.88. The van der Waals surface area contributed by atoms with Gasteiger partial charge in [-0.2, -0.15) is 10.1 Å². The molecule has 1 N–H and O–H groups in total. The first kappa shape index (κ1) is 23.7. The average Bonchev–Trinajstić information content (AvgIpc) is 3.40. The van der Waals surface area contributed by atoms with Crippen LogP contribution in [0.5, 0.6) is 0 Å². The number of carbonyl (C=O) groups is 1. The predicted octanol–water partition coefficient (Wildman–Crippen LogP) is 5.22. The van der Waals surface area contributed by atoms with Crippen LogP contribution in [0, 0.1) is 6.92 Å². The Morgan fingerprint density at radius 2 is 2.03 bits per heavy atom. The molecule has 11 nitrogen and oxygen atoms in total. The van der Waals surface area contributed by atoms with Crippen molar-refractivity contribution >= 4 is 22.6 Å². The number of ether oxygens (including phenoxy) is 1. The van der Waals surface area contributed by atoms with Gasteiger partial charge in [-0.15, -0.1) is 0 Å². The van der Waals surface area contributed by atoms with E-state index in [0.717, 1.165) is 35.9 Å². The Kier molecular flexibility index (Phi) is 5.69. The summed E-state index contributed by atoms with van der Waals surface area (Å²) in [7, 11) is 0. The van der Waals surface area contributed by atoms with Crippen LogP contribution in [-0.4, -0.2) is 48.6 Å². The van der Waals surface area contributed by atoms with Crippen molar-refractivity contribution in [2.24, 2.45) is 0 Å². The van der Waals surface area contributed by atoms with Crippen molar-refractivity contribution in [3.63, 3.8) is 0 Å². The number of hydrogen-bond acceptors (Lipinski definition) is 9. The minimum absolute atomic E-state index is 0.0470. The normalized spacial score (nSPS) is 20.8. The second-order valence-corrected chi connectivity index (χ2v) is 9.88. The molecule has 0 spiro atoms. The molecule has 2 aliphatic rings. The smallest absolute Gasteiger partial charge is 0.293 e. The summed E-state index contributed by atoms with van der Waals surface area (Å²) in [6.07, 6.45) is 7.17. The maximum atomic E-state index is 13.3. The van der Waals surface area contributed by atoms with E-state index in [1.54, 1.807) is 18.5 Å². The summed E-state index contributed by atoms with van der Waals surface area (Å²) in [4.78, 5) is 26.2. The molecule has 1 unspecified atom stereocenters. The molecule has 1 saturated heterocycles. The van der Waals surface area contributed by atoms with Crippen LogP contribution in [-0.2, 0) is 4.74 Å². The lowest BCUT2D eigenvalue weighted by atomic mass is 10.1. The van der Waals surface area contributed by atoms with Crippen molar-refractivity contribution in [2.75, 3.05) is 11.9 Å². The highest BCUT2D eigenvalue weighted by atomic mass is 19.1. The van der Waals surface area contributed by atoms with Crippen molar-refractivity contribution < 1.29 is 22.9 Å². The van der Waals surface area contributed by atoms with Gasteiger partial charge in [0.05, 0.1) is 23.9 Å². The highest BCUT2D eigenvalue weighted by molar-refractivity contribution is 6.03. The molecule has 12 heteroatoms. The molecular weight excluding hydrogens is 505 g/mol. The lowest BCUT2D eigenvalue weighted by Gasteiger charge is -2.22. The number of pyridine rings is 1. The van der Waals surface area contributed by atoms with Gasteiger partial charge in [0.1, 0.15) is 6.17 Å². The Morgan fingerprint density at radius 3 is 2.85 bits per heavy atom. The number of oxazole rings is 1. The standard InChI is InChI=1S/C27H24FN7O4/c1-14-5-6-15(23-33-27(39-34-23)18-10-19(18)28)9-20(14)32-25(36)21-13-30-26(38-21)17-8-16-12-31-35(24(16)29-11-17)22-4-2-3-7-37-22/h5-6,8-9,11-13,18-19,22H,2-4,7,10H2,1H3,(H,32,36)/t18-,19-,22?/m0/s1. The van der Waals surface area contributed by atoms with Crippen LogP contribution < -0.4 is 5.32 Å². The molecule has 1 saturated carbocycles. The number of halogens is 1. The van der Waals surface area contributed by atoms with Crippen molar-refractivity contribution in [1.82, 2.24) is 29.9 Å². The van der Waals surface area contributed by atoms with E-state index in [1.807, 2.05) is 29.8 Å². The molecule has 1 amide bonds. The largest absolute Gasteiger partial charge is 0.431 e. The van der Waals surface area contributed by atoms with Crippen LogP contribution in [0.4, 0.5) is 10.1 Å². The van der Waals surface area contributed by atoms with E-state index >= 15 is 0 Å². The maximum Gasteiger partial charge on any atom is 0.293 e.